The number of likely N-dealkylation sites (tertiary alicyclic amines) is 1. The first-order valence-electron chi connectivity index (χ1n) is 11.7. The van der Waals surface area contributed by atoms with Crippen LogP contribution in [0.2, 0.25) is 5.02 Å². The van der Waals surface area contributed by atoms with Crippen molar-refractivity contribution in [2.24, 2.45) is 11.3 Å². The van der Waals surface area contributed by atoms with E-state index < -0.39 is 0 Å². The smallest absolute Gasteiger partial charge is 0.225 e. The van der Waals surface area contributed by atoms with Crippen LogP contribution in [0.3, 0.4) is 0 Å². The number of hydrogen-bond acceptors (Lipinski definition) is 5. The predicted octanol–water partition coefficient (Wildman–Crippen LogP) is 3.00. The maximum absolute atomic E-state index is 13.1. The largest absolute Gasteiger partial charge is 0.493 e. The molecule has 0 N–H and O–H groups in total. The van der Waals surface area contributed by atoms with Gasteiger partial charge in [-0.25, -0.2) is 0 Å². The SMILES string of the molecule is O=C(CC1(COc2ccc(Cl)cc2)CCN(C(=O)C2CCOCC2)CC1)N1CCOCC1. The lowest BCUT2D eigenvalue weighted by Gasteiger charge is -2.43. The number of carbonyl (C=O) groups is 2. The van der Waals surface area contributed by atoms with Crippen molar-refractivity contribution >= 4 is 23.4 Å². The molecule has 1 aromatic rings. The number of piperidine rings is 1. The molecule has 3 saturated heterocycles. The Morgan fingerprint density at radius 1 is 0.938 bits per heavy atom. The Kier molecular flexibility index (Phi) is 7.92. The quantitative estimate of drug-likeness (QED) is 0.647. The lowest BCUT2D eigenvalue weighted by Crippen LogP contribution is -2.50. The van der Waals surface area contributed by atoms with Gasteiger partial charge in [0.1, 0.15) is 5.75 Å². The Balaban J connectivity index is 1.40. The van der Waals surface area contributed by atoms with Crippen molar-refractivity contribution in [2.45, 2.75) is 32.1 Å². The molecule has 0 saturated carbocycles. The number of ether oxygens (including phenoxy) is 3. The van der Waals surface area contributed by atoms with Gasteiger partial charge in [0.05, 0.1) is 19.8 Å². The minimum Gasteiger partial charge on any atom is -0.493 e. The first-order valence-corrected chi connectivity index (χ1v) is 12.0. The van der Waals surface area contributed by atoms with Gasteiger partial charge in [-0.3, -0.25) is 9.59 Å². The first kappa shape index (κ1) is 23.3. The minimum absolute atomic E-state index is 0.0662. The third kappa shape index (κ3) is 5.94. The highest BCUT2D eigenvalue weighted by molar-refractivity contribution is 6.30. The van der Waals surface area contributed by atoms with Crippen molar-refractivity contribution in [2.75, 3.05) is 59.2 Å². The lowest BCUT2D eigenvalue weighted by atomic mass is 9.75. The number of amides is 2. The fourth-order valence-electron chi connectivity index (χ4n) is 4.79. The van der Waals surface area contributed by atoms with Crippen LogP contribution in [0.25, 0.3) is 0 Å². The van der Waals surface area contributed by atoms with Gasteiger partial charge in [0.25, 0.3) is 0 Å². The number of morpholine rings is 1. The highest BCUT2D eigenvalue weighted by Crippen LogP contribution is 2.37. The van der Waals surface area contributed by atoms with E-state index >= 15 is 0 Å². The molecule has 0 radical (unpaired) electrons. The number of benzene rings is 1. The third-order valence-electron chi connectivity index (χ3n) is 6.95. The van der Waals surface area contributed by atoms with Crippen LogP contribution >= 0.6 is 11.6 Å². The topological polar surface area (TPSA) is 68.3 Å². The van der Waals surface area contributed by atoms with Crippen LogP contribution < -0.4 is 4.74 Å². The van der Waals surface area contributed by atoms with Crippen molar-refractivity contribution in [3.05, 3.63) is 29.3 Å². The van der Waals surface area contributed by atoms with E-state index in [1.54, 1.807) is 12.1 Å². The summed E-state index contributed by atoms with van der Waals surface area (Å²) in [6.45, 7) is 5.56. The molecule has 32 heavy (non-hydrogen) atoms. The van der Waals surface area contributed by atoms with Gasteiger partial charge in [0.2, 0.25) is 11.8 Å². The molecule has 8 heteroatoms. The van der Waals surface area contributed by atoms with Crippen LogP contribution in [0.15, 0.2) is 24.3 Å². The molecule has 0 atom stereocenters. The Bertz CT molecular complexity index is 767. The van der Waals surface area contributed by atoms with E-state index in [2.05, 4.69) is 0 Å². The molecule has 4 rings (SSSR count). The molecule has 0 aliphatic carbocycles. The monoisotopic (exact) mass is 464 g/mol. The predicted molar refractivity (Wildman–Crippen MR) is 121 cm³/mol. The number of carbonyl (C=O) groups excluding carboxylic acids is 2. The Labute approximate surface area is 194 Å². The molecule has 3 aliphatic heterocycles. The second kappa shape index (κ2) is 10.9. The van der Waals surface area contributed by atoms with Crippen LogP contribution in [0.1, 0.15) is 32.1 Å². The summed E-state index contributed by atoms with van der Waals surface area (Å²) >= 11 is 5.99. The zero-order valence-electron chi connectivity index (χ0n) is 18.6. The van der Waals surface area contributed by atoms with Crippen LogP contribution in [-0.2, 0) is 19.1 Å². The maximum atomic E-state index is 13.1. The fraction of sp³-hybridized carbons (Fsp3) is 0.667. The van der Waals surface area contributed by atoms with Gasteiger partial charge >= 0.3 is 0 Å². The fourth-order valence-corrected chi connectivity index (χ4v) is 4.91. The van der Waals surface area contributed by atoms with E-state index in [0.717, 1.165) is 31.4 Å². The van der Waals surface area contributed by atoms with E-state index in [0.29, 0.717) is 70.7 Å². The Hall–Kier alpha value is -1.83. The van der Waals surface area contributed by atoms with E-state index in [4.69, 9.17) is 25.8 Å². The number of halogens is 1. The number of nitrogens with zero attached hydrogens (tertiary/aromatic N) is 2. The van der Waals surface area contributed by atoms with Crippen LogP contribution in [0.4, 0.5) is 0 Å². The number of hydrogen-bond donors (Lipinski definition) is 0. The molecule has 3 heterocycles. The average Bonchev–Trinajstić information content (AvgIpc) is 2.85. The molecule has 0 bridgehead atoms. The summed E-state index contributed by atoms with van der Waals surface area (Å²) in [5, 5.41) is 0.662. The average molecular weight is 465 g/mol. The van der Waals surface area contributed by atoms with Crippen LogP contribution in [0.5, 0.6) is 5.75 Å². The van der Waals surface area contributed by atoms with Crippen molar-refractivity contribution in [3.8, 4) is 5.75 Å². The molecule has 7 nitrogen and oxygen atoms in total. The first-order chi connectivity index (χ1) is 15.5. The minimum atomic E-state index is -0.290. The Morgan fingerprint density at radius 3 is 2.22 bits per heavy atom. The van der Waals surface area contributed by atoms with Crippen LogP contribution in [0, 0.1) is 11.3 Å². The molecule has 1 aromatic carbocycles. The van der Waals surface area contributed by atoms with Gasteiger partial charge in [-0.2, -0.15) is 0 Å². The van der Waals surface area contributed by atoms with Crippen molar-refractivity contribution < 1.29 is 23.8 Å². The number of rotatable bonds is 6. The van der Waals surface area contributed by atoms with E-state index in [9.17, 15) is 9.59 Å². The summed E-state index contributed by atoms with van der Waals surface area (Å²) in [5.41, 5.74) is -0.290. The zero-order chi connectivity index (χ0) is 22.4. The summed E-state index contributed by atoms with van der Waals surface area (Å²) in [6.07, 6.45) is 3.54. The lowest BCUT2D eigenvalue weighted by molar-refractivity contribution is -0.144. The second-order valence-corrected chi connectivity index (χ2v) is 9.56. The molecule has 0 aromatic heterocycles. The summed E-state index contributed by atoms with van der Waals surface area (Å²) in [5.74, 6) is 1.20. The molecule has 176 valence electrons. The van der Waals surface area contributed by atoms with E-state index in [-0.39, 0.29) is 23.1 Å². The summed E-state index contributed by atoms with van der Waals surface area (Å²) < 4.78 is 16.9. The van der Waals surface area contributed by atoms with Gasteiger partial charge in [-0.15, -0.1) is 0 Å². The molecule has 0 spiro atoms. The summed E-state index contributed by atoms with van der Waals surface area (Å²) in [7, 11) is 0. The molecule has 3 aliphatic rings. The highest BCUT2D eigenvalue weighted by atomic mass is 35.5. The van der Waals surface area contributed by atoms with Crippen molar-refractivity contribution in [1.82, 2.24) is 9.80 Å². The second-order valence-electron chi connectivity index (χ2n) is 9.12. The molecule has 3 fully saturated rings. The van der Waals surface area contributed by atoms with E-state index in [1.165, 1.54) is 0 Å². The molecule has 0 unspecified atom stereocenters. The maximum Gasteiger partial charge on any atom is 0.225 e. The van der Waals surface area contributed by atoms with Crippen LogP contribution in [-0.4, -0.2) is 80.8 Å². The van der Waals surface area contributed by atoms with Crippen molar-refractivity contribution in [1.29, 1.82) is 0 Å². The molecular formula is C24H33ClN2O5. The summed E-state index contributed by atoms with van der Waals surface area (Å²) in [4.78, 5) is 30.0. The van der Waals surface area contributed by atoms with Gasteiger partial charge in [0.15, 0.2) is 0 Å². The Morgan fingerprint density at radius 2 is 1.56 bits per heavy atom. The van der Waals surface area contributed by atoms with Gasteiger partial charge < -0.3 is 24.0 Å². The highest BCUT2D eigenvalue weighted by Gasteiger charge is 2.41. The molecular weight excluding hydrogens is 432 g/mol. The van der Waals surface area contributed by atoms with Crippen molar-refractivity contribution in [3.63, 3.8) is 0 Å². The standard InChI is InChI=1S/C24H33ClN2O5/c25-20-1-3-21(4-2-20)32-18-24(17-22(28)26-11-15-31-16-12-26)7-9-27(10-8-24)23(29)19-5-13-30-14-6-19/h1-4,19H,5-18H2. The van der Waals surface area contributed by atoms with Gasteiger partial charge in [0, 0.05) is 62.2 Å². The van der Waals surface area contributed by atoms with E-state index in [1.807, 2.05) is 21.9 Å². The summed E-state index contributed by atoms with van der Waals surface area (Å²) in [6, 6.07) is 7.31. The van der Waals surface area contributed by atoms with Gasteiger partial charge in [-0.1, -0.05) is 11.6 Å². The zero-order valence-corrected chi connectivity index (χ0v) is 19.4. The van der Waals surface area contributed by atoms with Gasteiger partial charge in [-0.05, 0) is 49.9 Å². The molecule has 2 amide bonds. The third-order valence-corrected chi connectivity index (χ3v) is 7.21. The normalized spacial score (nSPS) is 21.9.